The van der Waals surface area contributed by atoms with E-state index in [0.29, 0.717) is 12.2 Å². The summed E-state index contributed by atoms with van der Waals surface area (Å²) in [5.74, 6) is -0.321. The molecule has 4 heteroatoms. The second-order valence-corrected chi connectivity index (χ2v) is 11.9. The number of ether oxygens (including phenoxy) is 1. The van der Waals surface area contributed by atoms with Crippen LogP contribution in [0, 0.1) is 0 Å². The molecule has 126 valence electrons. The van der Waals surface area contributed by atoms with Gasteiger partial charge in [-0.15, -0.1) is 0 Å². The molecule has 0 saturated carbocycles. The van der Waals surface area contributed by atoms with Gasteiger partial charge in [-0.1, -0.05) is 51.6 Å². The summed E-state index contributed by atoms with van der Waals surface area (Å²) in [6.07, 6.45) is 3.64. The highest BCUT2D eigenvalue weighted by atomic mass is 28.4. The van der Waals surface area contributed by atoms with Gasteiger partial charge in [0.05, 0.1) is 12.2 Å². The van der Waals surface area contributed by atoms with Gasteiger partial charge in [0.25, 0.3) is 0 Å². The maximum atomic E-state index is 11.8. The fourth-order valence-corrected chi connectivity index (χ4v) is 2.51. The molecule has 0 spiro atoms. The molecular weight excluding hydrogens is 304 g/mol. The number of carbonyl (C=O) groups is 1. The molecule has 0 aliphatic carbocycles. The molecule has 0 N–H and O–H groups in total. The fraction of sp³-hybridized carbons (Fsp3) is 0.421. The minimum atomic E-state index is -1.76. The summed E-state index contributed by atoms with van der Waals surface area (Å²) >= 11 is 0. The second kappa shape index (κ2) is 8.27. The van der Waals surface area contributed by atoms with Crippen molar-refractivity contribution < 1.29 is 14.0 Å². The van der Waals surface area contributed by atoms with E-state index in [-0.39, 0.29) is 17.6 Å². The molecule has 0 aliphatic rings. The monoisotopic (exact) mass is 332 g/mol. The Morgan fingerprint density at radius 2 is 1.83 bits per heavy atom. The maximum Gasteiger partial charge on any atom is 0.338 e. The van der Waals surface area contributed by atoms with Crippen molar-refractivity contribution in [3.05, 3.63) is 60.2 Å². The number of rotatable bonds is 7. The van der Waals surface area contributed by atoms with Crippen LogP contribution in [-0.4, -0.2) is 27.5 Å². The Morgan fingerprint density at radius 3 is 2.39 bits per heavy atom. The van der Waals surface area contributed by atoms with E-state index in [4.69, 9.17) is 9.16 Å². The molecule has 0 amide bonds. The molecule has 0 unspecified atom stereocenters. The van der Waals surface area contributed by atoms with Gasteiger partial charge in [-0.25, -0.2) is 4.79 Å². The lowest BCUT2D eigenvalue weighted by Gasteiger charge is -2.36. The van der Waals surface area contributed by atoms with E-state index in [1.165, 1.54) is 0 Å². The molecule has 1 rings (SSSR count). The molecule has 0 aromatic heterocycles. The molecule has 1 aromatic carbocycles. The van der Waals surface area contributed by atoms with Crippen LogP contribution in [0.3, 0.4) is 0 Å². The summed E-state index contributed by atoms with van der Waals surface area (Å²) in [5.41, 5.74) is 1.44. The van der Waals surface area contributed by atoms with E-state index in [2.05, 4.69) is 40.4 Å². The van der Waals surface area contributed by atoms with Crippen molar-refractivity contribution in [1.29, 1.82) is 0 Å². The SMILES string of the molecule is C=C(/C=C/COC(=O)c1ccccc1)CO[Si](C)(C)C(C)(C)C. The largest absolute Gasteiger partial charge is 0.458 e. The van der Waals surface area contributed by atoms with Crippen molar-refractivity contribution in [3.63, 3.8) is 0 Å². The van der Waals surface area contributed by atoms with Crippen LogP contribution in [0.5, 0.6) is 0 Å². The molecule has 23 heavy (non-hydrogen) atoms. The van der Waals surface area contributed by atoms with Crippen molar-refractivity contribution >= 4 is 14.3 Å². The van der Waals surface area contributed by atoms with Gasteiger partial charge in [0.15, 0.2) is 8.32 Å². The zero-order valence-electron chi connectivity index (χ0n) is 14.9. The van der Waals surface area contributed by atoms with Gasteiger partial charge < -0.3 is 9.16 Å². The van der Waals surface area contributed by atoms with Crippen LogP contribution < -0.4 is 0 Å². The molecule has 0 bridgehead atoms. The predicted molar refractivity (Wildman–Crippen MR) is 98.2 cm³/mol. The Balaban J connectivity index is 2.35. The molecular formula is C19H28O3Si. The Labute approximate surface area is 141 Å². The lowest BCUT2D eigenvalue weighted by atomic mass is 10.2. The standard InChI is InChI=1S/C19H28O3Si/c1-16(15-22-23(5,6)19(2,3)4)11-10-14-21-18(20)17-12-8-7-9-13-17/h7-13H,1,14-15H2,2-6H3/b11-10+. The Morgan fingerprint density at radius 1 is 1.22 bits per heavy atom. The van der Waals surface area contributed by atoms with Gasteiger partial charge in [-0.05, 0) is 41.9 Å². The summed E-state index contributed by atoms with van der Waals surface area (Å²) < 4.78 is 11.3. The average molecular weight is 333 g/mol. The number of hydrogen-bond acceptors (Lipinski definition) is 3. The highest BCUT2D eigenvalue weighted by molar-refractivity contribution is 6.74. The molecule has 0 heterocycles. The Hall–Kier alpha value is -1.65. The van der Waals surface area contributed by atoms with Crippen molar-refractivity contribution in [3.8, 4) is 0 Å². The quantitative estimate of drug-likeness (QED) is 0.401. The number of hydrogen-bond donors (Lipinski definition) is 0. The number of esters is 1. The minimum Gasteiger partial charge on any atom is -0.458 e. The third-order valence-electron chi connectivity index (χ3n) is 4.10. The molecule has 3 nitrogen and oxygen atoms in total. The molecule has 0 atom stereocenters. The summed E-state index contributed by atoms with van der Waals surface area (Å²) in [7, 11) is -1.76. The summed E-state index contributed by atoms with van der Waals surface area (Å²) in [5, 5.41) is 0.183. The van der Waals surface area contributed by atoms with Gasteiger partial charge >= 0.3 is 5.97 Å². The lowest BCUT2D eigenvalue weighted by molar-refractivity contribution is 0.0549. The van der Waals surface area contributed by atoms with E-state index >= 15 is 0 Å². The van der Waals surface area contributed by atoms with Gasteiger partial charge in [0.2, 0.25) is 0 Å². The third kappa shape index (κ3) is 6.55. The summed E-state index contributed by atoms with van der Waals surface area (Å²) in [6.45, 7) is 15.8. The normalized spacial score (nSPS) is 12.4. The molecule has 0 fully saturated rings. The second-order valence-electron chi connectivity index (χ2n) is 7.07. The molecule has 0 radical (unpaired) electrons. The zero-order valence-corrected chi connectivity index (χ0v) is 15.9. The third-order valence-corrected chi connectivity index (χ3v) is 8.58. The van der Waals surface area contributed by atoms with Crippen LogP contribution in [0.2, 0.25) is 18.1 Å². The smallest absolute Gasteiger partial charge is 0.338 e. The first-order valence-corrected chi connectivity index (χ1v) is 10.7. The average Bonchev–Trinajstić information content (AvgIpc) is 2.49. The van der Waals surface area contributed by atoms with Gasteiger partial charge in [0.1, 0.15) is 6.61 Å². The molecule has 0 saturated heterocycles. The Kier molecular flexibility index (Phi) is 6.97. The van der Waals surface area contributed by atoms with Crippen LogP contribution in [0.25, 0.3) is 0 Å². The Bertz CT molecular complexity index is 554. The van der Waals surface area contributed by atoms with Crippen molar-refractivity contribution in [1.82, 2.24) is 0 Å². The van der Waals surface area contributed by atoms with Gasteiger partial charge in [-0.3, -0.25) is 0 Å². The lowest BCUT2D eigenvalue weighted by Crippen LogP contribution is -2.41. The van der Waals surface area contributed by atoms with E-state index in [0.717, 1.165) is 5.57 Å². The predicted octanol–water partition coefficient (Wildman–Crippen LogP) is 4.98. The van der Waals surface area contributed by atoms with E-state index in [1.54, 1.807) is 18.2 Å². The summed E-state index contributed by atoms with van der Waals surface area (Å²) in [6, 6.07) is 8.96. The van der Waals surface area contributed by atoms with Crippen molar-refractivity contribution in [2.24, 2.45) is 0 Å². The van der Waals surface area contributed by atoms with Crippen LogP contribution >= 0.6 is 0 Å². The van der Waals surface area contributed by atoms with Gasteiger partial charge in [-0.2, -0.15) is 0 Å². The van der Waals surface area contributed by atoms with Crippen LogP contribution in [-0.2, 0) is 9.16 Å². The van der Waals surface area contributed by atoms with Crippen molar-refractivity contribution in [2.45, 2.75) is 38.9 Å². The molecule has 1 aromatic rings. The highest BCUT2D eigenvalue weighted by Crippen LogP contribution is 2.36. The van der Waals surface area contributed by atoms with E-state index in [9.17, 15) is 4.79 Å². The van der Waals surface area contributed by atoms with Crippen molar-refractivity contribution in [2.75, 3.05) is 13.2 Å². The maximum absolute atomic E-state index is 11.8. The summed E-state index contributed by atoms with van der Waals surface area (Å²) in [4.78, 5) is 11.8. The minimum absolute atomic E-state index is 0.183. The van der Waals surface area contributed by atoms with Crippen LogP contribution in [0.1, 0.15) is 31.1 Å². The fourth-order valence-electron chi connectivity index (χ4n) is 1.53. The number of carbonyl (C=O) groups excluding carboxylic acids is 1. The van der Waals surface area contributed by atoms with Crippen LogP contribution in [0.15, 0.2) is 54.6 Å². The topological polar surface area (TPSA) is 35.5 Å². The molecule has 0 aliphatic heterocycles. The first-order valence-electron chi connectivity index (χ1n) is 7.84. The zero-order chi connectivity index (χ0) is 17.5. The van der Waals surface area contributed by atoms with E-state index < -0.39 is 8.32 Å². The van der Waals surface area contributed by atoms with Gasteiger partial charge in [0, 0.05) is 0 Å². The highest BCUT2D eigenvalue weighted by Gasteiger charge is 2.36. The number of benzene rings is 1. The van der Waals surface area contributed by atoms with Crippen LogP contribution in [0.4, 0.5) is 0 Å². The first kappa shape index (κ1) is 19.4. The first-order chi connectivity index (χ1) is 10.6. The van der Waals surface area contributed by atoms with E-state index in [1.807, 2.05) is 24.3 Å².